The number of hydrogen-bond acceptors (Lipinski definition) is 3. The first-order valence-corrected chi connectivity index (χ1v) is 8.06. The highest BCUT2D eigenvalue weighted by molar-refractivity contribution is 7.08. The summed E-state index contributed by atoms with van der Waals surface area (Å²) in [4.78, 5) is 4.34. The molecule has 1 N–H and O–H groups in total. The van der Waals surface area contributed by atoms with Crippen LogP contribution in [0.5, 0.6) is 0 Å². The topological polar surface area (TPSA) is 24.9 Å². The summed E-state index contributed by atoms with van der Waals surface area (Å²) in [5, 5.41) is 7.47. The van der Waals surface area contributed by atoms with Crippen LogP contribution in [0.25, 0.3) is 11.1 Å². The number of allylic oxidation sites excluding steroid dienone is 1. The summed E-state index contributed by atoms with van der Waals surface area (Å²) in [6.45, 7) is 7.30. The molecule has 2 nitrogen and oxygen atoms in total. The lowest BCUT2D eigenvalue weighted by atomic mass is 9.93. The minimum Gasteiger partial charge on any atom is -0.367 e. The number of hydrogen-bond donors (Lipinski definition) is 1. The van der Waals surface area contributed by atoms with E-state index >= 15 is 0 Å². The Morgan fingerprint density at radius 2 is 2.19 bits per heavy atom. The Morgan fingerprint density at radius 3 is 2.81 bits per heavy atom. The van der Waals surface area contributed by atoms with E-state index in [0.717, 1.165) is 11.4 Å². The van der Waals surface area contributed by atoms with Crippen LogP contribution < -0.4 is 5.32 Å². The number of nitrogens with zero attached hydrogens (tertiary/aromatic N) is 1. The number of alkyl halides is 1. The lowest BCUT2D eigenvalue weighted by molar-refractivity contribution is 0.232. The molecule has 0 aliphatic rings. The first-order chi connectivity index (χ1) is 10.1. The normalized spacial score (nSPS) is 15.2. The molecule has 0 saturated carbocycles. The second-order valence-corrected chi connectivity index (χ2v) is 6.02. The molecule has 1 unspecified atom stereocenters. The van der Waals surface area contributed by atoms with Crippen LogP contribution in [-0.2, 0) is 0 Å². The molecule has 112 valence electrons. The fourth-order valence-electron chi connectivity index (χ4n) is 2.44. The van der Waals surface area contributed by atoms with Crippen molar-refractivity contribution in [2.75, 3.05) is 5.32 Å². The van der Waals surface area contributed by atoms with Gasteiger partial charge >= 0.3 is 0 Å². The largest absolute Gasteiger partial charge is 0.367 e. The number of anilines is 1. The minimum atomic E-state index is -0.884. The second kappa shape index (κ2) is 7.36. The van der Waals surface area contributed by atoms with Crippen molar-refractivity contribution in [2.24, 2.45) is 5.92 Å². The summed E-state index contributed by atoms with van der Waals surface area (Å²) in [7, 11) is 0. The van der Waals surface area contributed by atoms with Gasteiger partial charge in [0.1, 0.15) is 12.0 Å². The highest BCUT2D eigenvalue weighted by atomic mass is 32.1. The number of thiophene rings is 1. The van der Waals surface area contributed by atoms with E-state index < -0.39 is 6.17 Å². The van der Waals surface area contributed by atoms with Crippen LogP contribution in [0.4, 0.5) is 10.2 Å². The molecule has 0 fully saturated rings. The standard InChI is InChI=1S/C17H21FN2S/c1-4-5-16(12(2)18)13(3)20-17-10-14(6-8-19-17)15-7-9-21-11-15/h4,6-13,16H,1,5H2,2-3H3,(H,19,20)/t12?,13-,16+/m1/s1. The van der Waals surface area contributed by atoms with Gasteiger partial charge in [0.25, 0.3) is 0 Å². The van der Waals surface area contributed by atoms with Crippen LogP contribution in [0, 0.1) is 5.92 Å². The molecule has 2 rings (SSSR count). The van der Waals surface area contributed by atoms with E-state index in [1.807, 2.05) is 19.1 Å². The third-order valence-electron chi connectivity index (χ3n) is 3.66. The van der Waals surface area contributed by atoms with Crippen molar-refractivity contribution in [1.82, 2.24) is 4.98 Å². The van der Waals surface area contributed by atoms with Crippen molar-refractivity contribution in [3.8, 4) is 11.1 Å². The molecule has 2 aromatic heterocycles. The molecule has 0 aromatic carbocycles. The Morgan fingerprint density at radius 1 is 1.38 bits per heavy atom. The van der Waals surface area contributed by atoms with Crippen LogP contribution in [-0.4, -0.2) is 17.2 Å². The van der Waals surface area contributed by atoms with Crippen molar-refractivity contribution < 1.29 is 4.39 Å². The summed E-state index contributed by atoms with van der Waals surface area (Å²) in [5.74, 6) is 0.676. The molecule has 0 amide bonds. The monoisotopic (exact) mass is 304 g/mol. The summed E-state index contributed by atoms with van der Waals surface area (Å²) in [6, 6.07) is 6.06. The van der Waals surface area contributed by atoms with Crippen molar-refractivity contribution >= 4 is 17.2 Å². The Bertz CT molecular complexity index is 566. The van der Waals surface area contributed by atoms with Crippen LogP contribution >= 0.6 is 11.3 Å². The maximum Gasteiger partial charge on any atom is 0.126 e. The predicted octanol–water partition coefficient (Wildman–Crippen LogP) is 5.16. The van der Waals surface area contributed by atoms with Gasteiger partial charge in [-0.15, -0.1) is 6.58 Å². The van der Waals surface area contributed by atoms with E-state index in [9.17, 15) is 4.39 Å². The number of nitrogens with one attached hydrogen (secondary N) is 1. The summed E-state index contributed by atoms with van der Waals surface area (Å²) < 4.78 is 13.7. The van der Waals surface area contributed by atoms with Crippen molar-refractivity contribution in [1.29, 1.82) is 0 Å². The lowest BCUT2D eigenvalue weighted by Gasteiger charge is -2.25. The molecule has 0 radical (unpaired) electrons. The van der Waals surface area contributed by atoms with Gasteiger partial charge in [-0.05, 0) is 60.4 Å². The SMILES string of the molecule is C=CC[C@@H](C(C)F)[C@@H](C)Nc1cc(-c2ccsc2)ccn1. The fourth-order valence-corrected chi connectivity index (χ4v) is 3.10. The molecular weight excluding hydrogens is 283 g/mol. The first-order valence-electron chi connectivity index (χ1n) is 7.12. The number of pyridine rings is 1. The van der Waals surface area contributed by atoms with E-state index in [4.69, 9.17) is 0 Å². The van der Waals surface area contributed by atoms with E-state index in [2.05, 4.69) is 33.7 Å². The van der Waals surface area contributed by atoms with Gasteiger partial charge in [0, 0.05) is 18.2 Å². The van der Waals surface area contributed by atoms with E-state index in [1.165, 1.54) is 5.56 Å². The fraction of sp³-hybridized carbons (Fsp3) is 0.353. The van der Waals surface area contributed by atoms with Crippen LogP contribution in [0.2, 0.25) is 0 Å². The molecular formula is C17H21FN2S. The van der Waals surface area contributed by atoms with Crippen molar-refractivity contribution in [3.05, 3.63) is 47.8 Å². The first kappa shape index (κ1) is 15.7. The third kappa shape index (κ3) is 4.14. The Hall–Kier alpha value is -1.68. The zero-order valence-electron chi connectivity index (χ0n) is 12.4. The molecule has 2 aromatic rings. The zero-order valence-corrected chi connectivity index (χ0v) is 13.2. The molecule has 2 heterocycles. The van der Waals surface area contributed by atoms with Crippen LogP contribution in [0.3, 0.4) is 0 Å². The Kier molecular flexibility index (Phi) is 5.51. The van der Waals surface area contributed by atoms with Gasteiger partial charge in [0.2, 0.25) is 0 Å². The molecule has 21 heavy (non-hydrogen) atoms. The molecule has 4 heteroatoms. The van der Waals surface area contributed by atoms with Gasteiger partial charge in [-0.2, -0.15) is 11.3 Å². The van der Waals surface area contributed by atoms with Gasteiger partial charge in [0.05, 0.1) is 0 Å². The maximum absolute atomic E-state index is 13.7. The minimum absolute atomic E-state index is 0.00627. The van der Waals surface area contributed by atoms with E-state index in [0.29, 0.717) is 6.42 Å². The second-order valence-electron chi connectivity index (χ2n) is 5.24. The van der Waals surface area contributed by atoms with Crippen molar-refractivity contribution in [2.45, 2.75) is 32.5 Å². The van der Waals surface area contributed by atoms with Crippen molar-refractivity contribution in [3.63, 3.8) is 0 Å². The van der Waals surface area contributed by atoms with Gasteiger partial charge in [-0.3, -0.25) is 0 Å². The molecule has 0 aliphatic carbocycles. The van der Waals surface area contributed by atoms with E-state index in [-0.39, 0.29) is 12.0 Å². The summed E-state index contributed by atoms with van der Waals surface area (Å²) in [5.41, 5.74) is 2.30. The van der Waals surface area contributed by atoms with Gasteiger partial charge in [-0.25, -0.2) is 9.37 Å². The van der Waals surface area contributed by atoms with Crippen LogP contribution in [0.15, 0.2) is 47.8 Å². The third-order valence-corrected chi connectivity index (χ3v) is 4.34. The smallest absolute Gasteiger partial charge is 0.126 e. The molecule has 0 aliphatic heterocycles. The zero-order chi connectivity index (χ0) is 15.2. The molecule has 0 saturated heterocycles. The lowest BCUT2D eigenvalue weighted by Crippen LogP contribution is -2.31. The summed E-state index contributed by atoms with van der Waals surface area (Å²) in [6.07, 6.45) is 3.32. The molecule has 3 atom stereocenters. The van der Waals surface area contributed by atoms with Crippen LogP contribution in [0.1, 0.15) is 20.3 Å². The Balaban J connectivity index is 2.12. The summed E-state index contributed by atoms with van der Waals surface area (Å²) >= 11 is 1.67. The quantitative estimate of drug-likeness (QED) is 0.715. The van der Waals surface area contributed by atoms with E-state index in [1.54, 1.807) is 30.5 Å². The number of aromatic nitrogens is 1. The average molecular weight is 304 g/mol. The van der Waals surface area contributed by atoms with Gasteiger partial charge < -0.3 is 5.32 Å². The Labute approximate surface area is 129 Å². The number of rotatable bonds is 7. The van der Waals surface area contributed by atoms with Gasteiger partial charge in [-0.1, -0.05) is 6.08 Å². The average Bonchev–Trinajstić information content (AvgIpc) is 2.98. The molecule has 0 spiro atoms. The highest BCUT2D eigenvalue weighted by Gasteiger charge is 2.22. The number of halogens is 1. The molecule has 0 bridgehead atoms. The maximum atomic E-state index is 13.7. The highest BCUT2D eigenvalue weighted by Crippen LogP contribution is 2.25. The predicted molar refractivity (Wildman–Crippen MR) is 89.5 cm³/mol. The van der Waals surface area contributed by atoms with Gasteiger partial charge in [0.15, 0.2) is 0 Å².